The highest BCUT2D eigenvalue weighted by Gasteiger charge is 2.24. The summed E-state index contributed by atoms with van der Waals surface area (Å²) in [6, 6.07) is 0.400. The lowest BCUT2D eigenvalue weighted by Crippen LogP contribution is -2.43. The molecule has 0 aromatic heterocycles. The van der Waals surface area contributed by atoms with Crippen LogP contribution in [-0.4, -0.2) is 48.3 Å². The largest absolute Gasteiger partial charge is 0.481 e. The van der Waals surface area contributed by atoms with Crippen LogP contribution in [0.2, 0.25) is 0 Å². The molecule has 4 heteroatoms. The van der Waals surface area contributed by atoms with Crippen LogP contribution in [0.15, 0.2) is 0 Å². The van der Waals surface area contributed by atoms with Crippen molar-refractivity contribution in [1.29, 1.82) is 0 Å². The van der Waals surface area contributed by atoms with Crippen molar-refractivity contribution in [2.75, 3.05) is 26.3 Å². The monoisotopic (exact) mass is 229 g/mol. The van der Waals surface area contributed by atoms with Gasteiger partial charge in [-0.15, -0.1) is 0 Å². The molecule has 2 atom stereocenters. The average molecular weight is 229 g/mol. The molecule has 0 saturated carbocycles. The predicted octanol–water partition coefficient (Wildman–Crippen LogP) is 1.60. The molecule has 2 unspecified atom stereocenters. The molecule has 0 aliphatic carbocycles. The normalized spacial score (nSPS) is 24.2. The second-order valence-electron chi connectivity index (χ2n) is 4.61. The third-order valence-electron chi connectivity index (χ3n) is 3.20. The number of rotatable bonds is 6. The molecule has 0 spiro atoms. The van der Waals surface area contributed by atoms with Crippen molar-refractivity contribution < 1.29 is 14.6 Å². The van der Waals surface area contributed by atoms with Crippen LogP contribution in [0.3, 0.4) is 0 Å². The lowest BCUT2D eigenvalue weighted by atomic mass is 9.94. The molecule has 1 aliphatic rings. The number of nitrogens with zero attached hydrogens (tertiary/aromatic N) is 1. The minimum absolute atomic E-state index is 0.303. The van der Waals surface area contributed by atoms with Gasteiger partial charge in [0.25, 0.3) is 0 Å². The molecule has 4 nitrogen and oxygen atoms in total. The van der Waals surface area contributed by atoms with E-state index in [2.05, 4.69) is 11.8 Å². The molecular formula is C12H23NO3. The van der Waals surface area contributed by atoms with E-state index in [0.29, 0.717) is 18.4 Å². The van der Waals surface area contributed by atoms with Gasteiger partial charge in [-0.2, -0.15) is 0 Å². The van der Waals surface area contributed by atoms with Crippen molar-refractivity contribution in [3.63, 3.8) is 0 Å². The highest BCUT2D eigenvalue weighted by molar-refractivity contribution is 5.67. The molecule has 0 radical (unpaired) electrons. The number of hydrogen-bond acceptors (Lipinski definition) is 3. The van der Waals surface area contributed by atoms with Crippen LogP contribution in [0.25, 0.3) is 0 Å². The van der Waals surface area contributed by atoms with Gasteiger partial charge in [-0.1, -0.05) is 0 Å². The highest BCUT2D eigenvalue weighted by atomic mass is 16.5. The maximum atomic E-state index is 10.7. The number of hydrogen-bond donors (Lipinski definition) is 1. The van der Waals surface area contributed by atoms with Crippen molar-refractivity contribution in [3.8, 4) is 0 Å². The molecule has 94 valence electrons. The zero-order chi connectivity index (χ0) is 12.0. The topological polar surface area (TPSA) is 49.8 Å². The van der Waals surface area contributed by atoms with Crippen molar-refractivity contribution in [3.05, 3.63) is 0 Å². The molecule has 0 bridgehead atoms. The fourth-order valence-electron chi connectivity index (χ4n) is 2.30. The SMILES string of the molecule is CCOCC(C)N1CCCC(CC(=O)O)C1. The summed E-state index contributed by atoms with van der Waals surface area (Å²) >= 11 is 0. The second-order valence-corrected chi connectivity index (χ2v) is 4.61. The lowest BCUT2D eigenvalue weighted by Gasteiger charge is -2.36. The van der Waals surface area contributed by atoms with Crippen molar-refractivity contribution in [1.82, 2.24) is 4.90 Å². The van der Waals surface area contributed by atoms with Gasteiger partial charge in [-0.3, -0.25) is 9.69 Å². The third kappa shape index (κ3) is 4.49. The second kappa shape index (κ2) is 6.86. The van der Waals surface area contributed by atoms with Crippen LogP contribution in [0.4, 0.5) is 0 Å². The predicted molar refractivity (Wildman–Crippen MR) is 62.5 cm³/mol. The summed E-state index contributed by atoms with van der Waals surface area (Å²) in [6.07, 6.45) is 2.45. The van der Waals surface area contributed by atoms with Crippen LogP contribution in [0.1, 0.15) is 33.1 Å². The Morgan fingerprint density at radius 1 is 1.62 bits per heavy atom. The smallest absolute Gasteiger partial charge is 0.303 e. The number of ether oxygens (including phenoxy) is 1. The number of carboxylic acids is 1. The first-order chi connectivity index (χ1) is 7.63. The number of aliphatic carboxylic acids is 1. The first-order valence-electron chi connectivity index (χ1n) is 6.17. The summed E-state index contributed by atoms with van der Waals surface area (Å²) in [5.41, 5.74) is 0. The Morgan fingerprint density at radius 2 is 2.38 bits per heavy atom. The summed E-state index contributed by atoms with van der Waals surface area (Å²) < 4.78 is 5.41. The highest BCUT2D eigenvalue weighted by Crippen LogP contribution is 2.21. The molecule has 1 aliphatic heterocycles. The summed E-state index contributed by atoms with van der Waals surface area (Å²) in [4.78, 5) is 13.0. The van der Waals surface area contributed by atoms with E-state index >= 15 is 0 Å². The maximum absolute atomic E-state index is 10.7. The Labute approximate surface area is 97.6 Å². The van der Waals surface area contributed by atoms with E-state index in [4.69, 9.17) is 9.84 Å². The standard InChI is InChI=1S/C12H23NO3/c1-3-16-9-10(2)13-6-4-5-11(8-13)7-12(14)15/h10-11H,3-9H2,1-2H3,(H,14,15). The van der Waals surface area contributed by atoms with Gasteiger partial charge in [0, 0.05) is 25.6 Å². The first-order valence-corrected chi connectivity index (χ1v) is 6.17. The van der Waals surface area contributed by atoms with E-state index in [1.165, 1.54) is 0 Å². The summed E-state index contributed by atoms with van der Waals surface area (Å²) in [5, 5.41) is 8.79. The Kier molecular flexibility index (Phi) is 5.77. The number of piperidine rings is 1. The zero-order valence-electron chi connectivity index (χ0n) is 10.3. The molecule has 0 aromatic carbocycles. The van der Waals surface area contributed by atoms with Crippen molar-refractivity contribution in [2.24, 2.45) is 5.92 Å². The molecule has 16 heavy (non-hydrogen) atoms. The molecular weight excluding hydrogens is 206 g/mol. The zero-order valence-corrected chi connectivity index (χ0v) is 10.3. The van der Waals surface area contributed by atoms with Gasteiger partial charge >= 0.3 is 5.97 Å². The fourth-order valence-corrected chi connectivity index (χ4v) is 2.30. The van der Waals surface area contributed by atoms with Gasteiger partial charge in [0.2, 0.25) is 0 Å². The Morgan fingerprint density at radius 3 is 3.00 bits per heavy atom. The van der Waals surface area contributed by atoms with Gasteiger partial charge in [0.1, 0.15) is 0 Å². The van der Waals surface area contributed by atoms with E-state index < -0.39 is 5.97 Å². The van der Waals surface area contributed by atoms with Crippen LogP contribution < -0.4 is 0 Å². The van der Waals surface area contributed by atoms with Gasteiger partial charge in [0.15, 0.2) is 0 Å². The van der Waals surface area contributed by atoms with E-state index in [1.54, 1.807) is 0 Å². The lowest BCUT2D eigenvalue weighted by molar-refractivity contribution is -0.138. The molecule has 1 rings (SSSR count). The molecule has 1 N–H and O–H groups in total. The number of carboxylic acid groups (broad SMARTS) is 1. The molecule has 1 saturated heterocycles. The van der Waals surface area contributed by atoms with Gasteiger partial charge < -0.3 is 9.84 Å². The van der Waals surface area contributed by atoms with E-state index in [1.807, 2.05) is 6.92 Å². The minimum atomic E-state index is -0.677. The fraction of sp³-hybridized carbons (Fsp3) is 0.917. The van der Waals surface area contributed by atoms with Crippen LogP contribution in [0.5, 0.6) is 0 Å². The quantitative estimate of drug-likeness (QED) is 0.751. The summed E-state index contributed by atoms with van der Waals surface area (Å²) in [6.45, 7) is 7.62. The average Bonchev–Trinajstić information content (AvgIpc) is 2.25. The van der Waals surface area contributed by atoms with Gasteiger partial charge in [-0.25, -0.2) is 0 Å². The van der Waals surface area contributed by atoms with Gasteiger partial charge in [0.05, 0.1) is 6.61 Å². The Hall–Kier alpha value is -0.610. The Bertz CT molecular complexity index is 220. The number of carbonyl (C=O) groups is 1. The third-order valence-corrected chi connectivity index (χ3v) is 3.20. The molecule has 0 amide bonds. The first kappa shape index (κ1) is 13.5. The van der Waals surface area contributed by atoms with Crippen LogP contribution in [-0.2, 0) is 9.53 Å². The molecule has 1 heterocycles. The van der Waals surface area contributed by atoms with Crippen molar-refractivity contribution in [2.45, 2.75) is 39.2 Å². The van der Waals surface area contributed by atoms with E-state index in [-0.39, 0.29) is 0 Å². The number of likely N-dealkylation sites (tertiary alicyclic amines) is 1. The van der Waals surface area contributed by atoms with E-state index in [0.717, 1.165) is 39.1 Å². The summed E-state index contributed by atoms with van der Waals surface area (Å²) in [7, 11) is 0. The van der Waals surface area contributed by atoms with Crippen LogP contribution >= 0.6 is 0 Å². The van der Waals surface area contributed by atoms with E-state index in [9.17, 15) is 4.79 Å². The van der Waals surface area contributed by atoms with Crippen LogP contribution in [0, 0.1) is 5.92 Å². The molecule has 0 aromatic rings. The Balaban J connectivity index is 2.34. The molecule has 1 fully saturated rings. The van der Waals surface area contributed by atoms with Gasteiger partial charge in [-0.05, 0) is 39.2 Å². The maximum Gasteiger partial charge on any atom is 0.303 e. The summed E-state index contributed by atoms with van der Waals surface area (Å²) in [5.74, 6) is -0.361. The minimum Gasteiger partial charge on any atom is -0.481 e. The van der Waals surface area contributed by atoms with Crippen molar-refractivity contribution >= 4 is 5.97 Å².